The van der Waals surface area contributed by atoms with Crippen LogP contribution in [0.25, 0.3) is 0 Å². The van der Waals surface area contributed by atoms with Crippen LogP contribution in [-0.4, -0.2) is 68.4 Å². The molecule has 3 N–H and O–H groups in total. The van der Waals surface area contributed by atoms with Crippen LogP contribution in [-0.2, 0) is 9.53 Å². The number of rotatable bonds is 8. The summed E-state index contributed by atoms with van der Waals surface area (Å²) in [6.07, 6.45) is 0. The fourth-order valence-electron chi connectivity index (χ4n) is 1.17. The molecular weight excluding hydrogens is 226 g/mol. The van der Waals surface area contributed by atoms with Gasteiger partial charge in [0.15, 0.2) is 0 Å². The van der Waals surface area contributed by atoms with Gasteiger partial charge < -0.3 is 15.2 Å². The molecule has 3 amide bonds. The van der Waals surface area contributed by atoms with Crippen LogP contribution in [0.1, 0.15) is 6.92 Å². The summed E-state index contributed by atoms with van der Waals surface area (Å²) in [4.78, 5) is 24.3. The zero-order chi connectivity index (χ0) is 13.1. The lowest BCUT2D eigenvalue weighted by Gasteiger charge is -2.17. The van der Waals surface area contributed by atoms with E-state index in [0.29, 0.717) is 26.2 Å². The summed E-state index contributed by atoms with van der Waals surface area (Å²) in [5, 5.41) is 13.4. The van der Waals surface area contributed by atoms with Gasteiger partial charge in [-0.1, -0.05) is 6.92 Å². The van der Waals surface area contributed by atoms with Gasteiger partial charge in [0.25, 0.3) is 0 Å². The van der Waals surface area contributed by atoms with Crippen molar-refractivity contribution in [2.45, 2.75) is 6.92 Å². The molecule has 7 nitrogen and oxygen atoms in total. The highest BCUT2D eigenvalue weighted by atomic mass is 16.5. The number of imide groups is 1. The van der Waals surface area contributed by atoms with Crippen LogP contribution < -0.4 is 10.6 Å². The Morgan fingerprint density at radius 3 is 2.65 bits per heavy atom. The van der Waals surface area contributed by atoms with E-state index < -0.39 is 11.9 Å². The molecule has 0 spiro atoms. The van der Waals surface area contributed by atoms with Crippen molar-refractivity contribution < 1.29 is 19.4 Å². The molecular formula is C10H21N3O4. The smallest absolute Gasteiger partial charge is 0.321 e. The number of nitrogens with one attached hydrogen (secondary N) is 2. The Kier molecular flexibility index (Phi) is 9.31. The number of nitrogens with zero attached hydrogens (tertiary/aromatic N) is 1. The molecule has 0 saturated heterocycles. The fraction of sp³-hybridized carbons (Fsp3) is 0.800. The van der Waals surface area contributed by atoms with E-state index in [-0.39, 0.29) is 13.2 Å². The van der Waals surface area contributed by atoms with E-state index in [9.17, 15) is 9.59 Å². The third-order valence-electron chi connectivity index (χ3n) is 2.08. The standard InChI is InChI=1S/C10H21N3O4/c1-3-13(5-6-14)8-9(15)12-10(16)11-4-7-17-2/h14H,3-8H2,1-2H3,(H2,11,12,15,16). The quantitative estimate of drug-likeness (QED) is 0.467. The maximum atomic E-state index is 11.4. The minimum absolute atomic E-state index is 0.0127. The Balaban J connectivity index is 3.79. The Hall–Kier alpha value is -1.18. The van der Waals surface area contributed by atoms with Crippen LogP contribution in [0.5, 0.6) is 0 Å². The van der Waals surface area contributed by atoms with E-state index >= 15 is 0 Å². The summed E-state index contributed by atoms with van der Waals surface area (Å²) in [6, 6.07) is -0.535. The molecule has 0 aromatic heterocycles. The minimum Gasteiger partial charge on any atom is -0.395 e. The maximum absolute atomic E-state index is 11.4. The van der Waals surface area contributed by atoms with E-state index in [1.165, 1.54) is 7.11 Å². The van der Waals surface area contributed by atoms with Gasteiger partial charge in [-0.05, 0) is 6.54 Å². The first-order chi connectivity index (χ1) is 8.13. The summed E-state index contributed by atoms with van der Waals surface area (Å²) in [6.45, 7) is 3.75. The van der Waals surface area contributed by atoms with Crippen LogP contribution in [0.2, 0.25) is 0 Å². The molecule has 0 aliphatic heterocycles. The second-order valence-electron chi connectivity index (χ2n) is 3.39. The molecule has 0 bridgehead atoms. The van der Waals surface area contributed by atoms with Gasteiger partial charge in [-0.15, -0.1) is 0 Å². The predicted molar refractivity (Wildman–Crippen MR) is 62.6 cm³/mol. The summed E-state index contributed by atoms with van der Waals surface area (Å²) in [5.74, 6) is -0.393. The van der Waals surface area contributed by atoms with Gasteiger partial charge in [0, 0.05) is 20.2 Å². The van der Waals surface area contributed by atoms with Crippen LogP contribution >= 0.6 is 0 Å². The van der Waals surface area contributed by atoms with Gasteiger partial charge in [-0.2, -0.15) is 0 Å². The van der Waals surface area contributed by atoms with Crippen molar-refractivity contribution >= 4 is 11.9 Å². The second-order valence-corrected chi connectivity index (χ2v) is 3.39. The van der Waals surface area contributed by atoms with Crippen molar-refractivity contribution in [2.24, 2.45) is 0 Å². The lowest BCUT2D eigenvalue weighted by Crippen LogP contribution is -2.45. The number of hydrogen-bond acceptors (Lipinski definition) is 5. The summed E-state index contributed by atoms with van der Waals surface area (Å²) in [5.41, 5.74) is 0. The Morgan fingerprint density at radius 1 is 1.41 bits per heavy atom. The molecule has 7 heteroatoms. The molecule has 0 aromatic rings. The Labute approximate surface area is 101 Å². The van der Waals surface area contributed by atoms with E-state index in [1.807, 2.05) is 6.92 Å². The number of carbonyl (C=O) groups excluding carboxylic acids is 2. The number of ether oxygens (including phenoxy) is 1. The van der Waals surface area contributed by atoms with Crippen LogP contribution in [0, 0.1) is 0 Å². The summed E-state index contributed by atoms with van der Waals surface area (Å²) >= 11 is 0. The predicted octanol–water partition coefficient (Wildman–Crippen LogP) is -1.23. The highest BCUT2D eigenvalue weighted by Gasteiger charge is 2.11. The van der Waals surface area contributed by atoms with Crippen LogP contribution in [0.15, 0.2) is 0 Å². The number of carbonyl (C=O) groups is 2. The molecule has 0 atom stereocenters. The Bertz CT molecular complexity index is 236. The Morgan fingerprint density at radius 2 is 2.12 bits per heavy atom. The number of methoxy groups -OCH3 is 1. The van der Waals surface area contributed by atoms with E-state index in [2.05, 4.69) is 10.6 Å². The molecule has 0 aromatic carbocycles. The van der Waals surface area contributed by atoms with Gasteiger partial charge in [0.2, 0.25) is 5.91 Å². The SMILES string of the molecule is CCN(CCO)CC(=O)NC(=O)NCCOC. The third kappa shape index (κ3) is 8.61. The first-order valence-electron chi connectivity index (χ1n) is 5.53. The molecule has 0 fully saturated rings. The molecule has 0 unspecified atom stereocenters. The average Bonchev–Trinajstić information content (AvgIpc) is 2.28. The van der Waals surface area contributed by atoms with Crippen molar-refractivity contribution in [2.75, 3.05) is 46.5 Å². The molecule has 0 saturated carbocycles. The van der Waals surface area contributed by atoms with Gasteiger partial charge in [-0.3, -0.25) is 15.0 Å². The first-order valence-corrected chi connectivity index (χ1v) is 5.53. The zero-order valence-corrected chi connectivity index (χ0v) is 10.4. The molecule has 0 heterocycles. The van der Waals surface area contributed by atoms with Crippen molar-refractivity contribution in [1.29, 1.82) is 0 Å². The van der Waals surface area contributed by atoms with Gasteiger partial charge in [-0.25, -0.2) is 4.79 Å². The monoisotopic (exact) mass is 247 g/mol. The number of aliphatic hydroxyl groups is 1. The average molecular weight is 247 g/mol. The van der Waals surface area contributed by atoms with E-state index in [1.54, 1.807) is 4.90 Å². The molecule has 0 rings (SSSR count). The number of aliphatic hydroxyl groups excluding tert-OH is 1. The maximum Gasteiger partial charge on any atom is 0.321 e. The van der Waals surface area contributed by atoms with Crippen molar-refractivity contribution in [3.63, 3.8) is 0 Å². The van der Waals surface area contributed by atoms with E-state index in [4.69, 9.17) is 9.84 Å². The molecule has 0 aliphatic carbocycles. The highest BCUT2D eigenvalue weighted by molar-refractivity contribution is 5.95. The second kappa shape index (κ2) is 10.0. The topological polar surface area (TPSA) is 90.9 Å². The fourth-order valence-corrected chi connectivity index (χ4v) is 1.17. The lowest BCUT2D eigenvalue weighted by molar-refractivity contribution is -0.121. The summed E-state index contributed by atoms with van der Waals surface area (Å²) in [7, 11) is 1.53. The first kappa shape index (κ1) is 15.8. The number of amides is 3. The van der Waals surface area contributed by atoms with Crippen LogP contribution in [0.3, 0.4) is 0 Å². The lowest BCUT2D eigenvalue weighted by atomic mass is 10.4. The van der Waals surface area contributed by atoms with Crippen molar-refractivity contribution in [1.82, 2.24) is 15.5 Å². The zero-order valence-electron chi connectivity index (χ0n) is 10.4. The van der Waals surface area contributed by atoms with E-state index in [0.717, 1.165) is 0 Å². The summed E-state index contributed by atoms with van der Waals surface area (Å²) < 4.78 is 4.75. The number of hydrogen-bond donors (Lipinski definition) is 3. The highest BCUT2D eigenvalue weighted by Crippen LogP contribution is 1.86. The van der Waals surface area contributed by atoms with Gasteiger partial charge in [0.05, 0.1) is 19.8 Å². The molecule has 0 aliphatic rings. The normalized spacial score (nSPS) is 10.4. The molecule has 0 radical (unpaired) electrons. The minimum atomic E-state index is -0.535. The van der Waals surface area contributed by atoms with Gasteiger partial charge >= 0.3 is 6.03 Å². The third-order valence-corrected chi connectivity index (χ3v) is 2.08. The van der Waals surface area contributed by atoms with Crippen molar-refractivity contribution in [3.05, 3.63) is 0 Å². The van der Waals surface area contributed by atoms with Gasteiger partial charge in [0.1, 0.15) is 0 Å². The van der Waals surface area contributed by atoms with Crippen molar-refractivity contribution in [3.8, 4) is 0 Å². The molecule has 100 valence electrons. The number of urea groups is 1. The van der Waals surface area contributed by atoms with Crippen LogP contribution in [0.4, 0.5) is 4.79 Å². The number of likely N-dealkylation sites (N-methyl/N-ethyl adjacent to an activating group) is 1. The molecule has 17 heavy (non-hydrogen) atoms. The largest absolute Gasteiger partial charge is 0.395 e.